The van der Waals surface area contributed by atoms with Gasteiger partial charge in [-0.2, -0.15) is 0 Å². The van der Waals surface area contributed by atoms with Crippen molar-refractivity contribution in [1.29, 1.82) is 0 Å². The van der Waals surface area contributed by atoms with Crippen LogP contribution in [0.5, 0.6) is 0 Å². The molecule has 2 heteroatoms. The molecule has 0 heterocycles. The quantitative estimate of drug-likeness (QED) is 0.196. The standard InChI is InChI=1S/C24H49O2/c1-2-3-4-5-6-7-8-9-10-11-12-13-14-15-16-19-24(20-17-22-25)21-18-23-26/h25-26H,2-23H2,1H3. The Labute approximate surface area is 165 Å². The first-order valence-corrected chi connectivity index (χ1v) is 11.9. The van der Waals surface area contributed by atoms with Gasteiger partial charge in [-0.1, -0.05) is 103 Å². The van der Waals surface area contributed by atoms with Gasteiger partial charge in [0, 0.05) is 13.2 Å². The molecule has 0 saturated heterocycles. The van der Waals surface area contributed by atoms with Crippen LogP contribution in [0.4, 0.5) is 0 Å². The van der Waals surface area contributed by atoms with Crippen LogP contribution in [0, 0.1) is 5.92 Å². The molecule has 0 saturated carbocycles. The summed E-state index contributed by atoms with van der Waals surface area (Å²) in [7, 11) is 0. The topological polar surface area (TPSA) is 40.5 Å². The zero-order chi connectivity index (χ0) is 19.1. The first-order valence-electron chi connectivity index (χ1n) is 11.9. The van der Waals surface area contributed by atoms with Gasteiger partial charge in [-0.05, 0) is 38.0 Å². The number of unbranched alkanes of at least 4 members (excludes halogenated alkanes) is 14. The third kappa shape index (κ3) is 20.2. The van der Waals surface area contributed by atoms with E-state index in [0.717, 1.165) is 25.7 Å². The Balaban J connectivity index is 3.26. The molecule has 1 radical (unpaired) electrons. The first kappa shape index (κ1) is 25.9. The zero-order valence-corrected chi connectivity index (χ0v) is 18.0. The van der Waals surface area contributed by atoms with E-state index in [-0.39, 0.29) is 0 Å². The lowest BCUT2D eigenvalue weighted by molar-refractivity contribution is 0.274. The summed E-state index contributed by atoms with van der Waals surface area (Å²) >= 11 is 0. The van der Waals surface area contributed by atoms with Crippen LogP contribution in [0.25, 0.3) is 0 Å². The van der Waals surface area contributed by atoms with Gasteiger partial charge in [0.05, 0.1) is 0 Å². The van der Waals surface area contributed by atoms with Crippen molar-refractivity contribution in [2.75, 3.05) is 13.2 Å². The molecule has 26 heavy (non-hydrogen) atoms. The normalized spacial score (nSPS) is 11.5. The third-order valence-corrected chi connectivity index (χ3v) is 5.51. The van der Waals surface area contributed by atoms with Gasteiger partial charge in [0.25, 0.3) is 0 Å². The van der Waals surface area contributed by atoms with E-state index in [4.69, 9.17) is 10.2 Å². The molecule has 0 aromatic rings. The first-order chi connectivity index (χ1) is 12.8. The fourth-order valence-electron chi connectivity index (χ4n) is 3.78. The van der Waals surface area contributed by atoms with Gasteiger partial charge in [-0.15, -0.1) is 0 Å². The molecule has 0 amide bonds. The maximum absolute atomic E-state index is 8.98. The lowest BCUT2D eigenvalue weighted by Gasteiger charge is -2.15. The molecule has 0 aliphatic carbocycles. The van der Waals surface area contributed by atoms with E-state index >= 15 is 0 Å². The third-order valence-electron chi connectivity index (χ3n) is 5.51. The van der Waals surface area contributed by atoms with Gasteiger partial charge < -0.3 is 10.2 Å². The second-order valence-corrected chi connectivity index (χ2v) is 8.10. The van der Waals surface area contributed by atoms with E-state index in [1.165, 1.54) is 103 Å². The van der Waals surface area contributed by atoms with Gasteiger partial charge in [0.15, 0.2) is 0 Å². The van der Waals surface area contributed by atoms with Crippen molar-refractivity contribution in [2.45, 2.75) is 135 Å². The summed E-state index contributed by atoms with van der Waals surface area (Å²) in [6.45, 7) is 2.87. The molecule has 2 N–H and O–H groups in total. The molecule has 0 unspecified atom stereocenters. The van der Waals surface area contributed by atoms with Crippen molar-refractivity contribution in [2.24, 2.45) is 0 Å². The summed E-state index contributed by atoms with van der Waals surface area (Å²) in [5.41, 5.74) is 0. The Morgan fingerprint density at radius 3 is 1.08 bits per heavy atom. The minimum Gasteiger partial charge on any atom is -0.396 e. The van der Waals surface area contributed by atoms with Crippen LogP contribution in [-0.2, 0) is 0 Å². The van der Waals surface area contributed by atoms with Crippen LogP contribution in [0.2, 0.25) is 0 Å². The molecule has 157 valence electrons. The van der Waals surface area contributed by atoms with Gasteiger partial charge in [-0.25, -0.2) is 0 Å². The molecule has 0 bridgehead atoms. The second kappa shape index (κ2) is 23.0. The molecule has 0 aliphatic heterocycles. The molecule has 0 spiro atoms. The number of aliphatic hydroxyl groups excluding tert-OH is 2. The Morgan fingerprint density at radius 2 is 0.731 bits per heavy atom. The van der Waals surface area contributed by atoms with Crippen LogP contribution < -0.4 is 0 Å². The lowest BCUT2D eigenvalue weighted by Crippen LogP contribution is -2.01. The second-order valence-electron chi connectivity index (χ2n) is 8.10. The highest BCUT2D eigenvalue weighted by atomic mass is 16.3. The number of aliphatic hydroxyl groups is 2. The van der Waals surface area contributed by atoms with Gasteiger partial charge in [0.2, 0.25) is 0 Å². The smallest absolute Gasteiger partial charge is 0.0431 e. The molecule has 0 fully saturated rings. The van der Waals surface area contributed by atoms with E-state index in [2.05, 4.69) is 6.92 Å². The van der Waals surface area contributed by atoms with Gasteiger partial charge in [-0.3, -0.25) is 0 Å². The summed E-state index contributed by atoms with van der Waals surface area (Å²) in [4.78, 5) is 0. The van der Waals surface area contributed by atoms with Crippen LogP contribution in [-0.4, -0.2) is 23.4 Å². The molecule has 2 nitrogen and oxygen atoms in total. The molecule has 0 aromatic carbocycles. The lowest BCUT2D eigenvalue weighted by atomic mass is 9.91. The Kier molecular flexibility index (Phi) is 22.9. The fraction of sp³-hybridized carbons (Fsp3) is 0.958. The van der Waals surface area contributed by atoms with Crippen LogP contribution in [0.15, 0.2) is 0 Å². The minimum atomic E-state index is 0.293. The van der Waals surface area contributed by atoms with Crippen LogP contribution in [0.3, 0.4) is 0 Å². The maximum atomic E-state index is 8.98. The van der Waals surface area contributed by atoms with Gasteiger partial charge >= 0.3 is 0 Å². The van der Waals surface area contributed by atoms with Crippen molar-refractivity contribution >= 4 is 0 Å². The number of hydrogen-bond acceptors (Lipinski definition) is 2. The Hall–Kier alpha value is -0.0800. The molecule has 0 aromatic heterocycles. The Morgan fingerprint density at radius 1 is 0.423 bits per heavy atom. The van der Waals surface area contributed by atoms with Crippen molar-refractivity contribution in [1.82, 2.24) is 0 Å². The van der Waals surface area contributed by atoms with E-state index in [1.54, 1.807) is 5.92 Å². The summed E-state index contributed by atoms with van der Waals surface area (Å²) < 4.78 is 0. The molecule has 0 aliphatic rings. The summed E-state index contributed by atoms with van der Waals surface area (Å²) in [6, 6.07) is 0. The fourth-order valence-corrected chi connectivity index (χ4v) is 3.78. The predicted octanol–water partition coefficient (Wildman–Crippen LogP) is 7.37. The van der Waals surface area contributed by atoms with E-state index in [9.17, 15) is 0 Å². The highest BCUT2D eigenvalue weighted by Crippen LogP contribution is 2.23. The largest absolute Gasteiger partial charge is 0.396 e. The van der Waals surface area contributed by atoms with Gasteiger partial charge in [0.1, 0.15) is 0 Å². The minimum absolute atomic E-state index is 0.293. The highest BCUT2D eigenvalue weighted by Gasteiger charge is 2.08. The monoisotopic (exact) mass is 369 g/mol. The van der Waals surface area contributed by atoms with Crippen molar-refractivity contribution in [3.8, 4) is 0 Å². The highest BCUT2D eigenvalue weighted by molar-refractivity contribution is 4.88. The van der Waals surface area contributed by atoms with E-state index in [1.807, 2.05) is 0 Å². The average molecular weight is 370 g/mol. The SMILES string of the molecule is CCCCCCCCCCCCCCCCC[C](CCCO)CCCO. The van der Waals surface area contributed by atoms with Crippen LogP contribution in [0.1, 0.15) is 135 Å². The number of hydrogen-bond donors (Lipinski definition) is 2. The number of rotatable bonds is 22. The molecular formula is C24H49O2. The average Bonchev–Trinajstić information content (AvgIpc) is 2.66. The molecule has 0 atom stereocenters. The maximum Gasteiger partial charge on any atom is 0.0431 e. The van der Waals surface area contributed by atoms with Crippen molar-refractivity contribution in [3.05, 3.63) is 5.92 Å². The van der Waals surface area contributed by atoms with E-state index in [0.29, 0.717) is 13.2 Å². The summed E-state index contributed by atoms with van der Waals surface area (Å²) in [5.74, 6) is 1.56. The van der Waals surface area contributed by atoms with Crippen LogP contribution >= 0.6 is 0 Å². The summed E-state index contributed by atoms with van der Waals surface area (Å²) in [5, 5.41) is 18.0. The summed E-state index contributed by atoms with van der Waals surface area (Å²) in [6.07, 6.45) is 26.3. The predicted molar refractivity (Wildman–Crippen MR) is 115 cm³/mol. The van der Waals surface area contributed by atoms with Crippen molar-refractivity contribution in [3.63, 3.8) is 0 Å². The Bertz CT molecular complexity index is 234. The molecule has 0 rings (SSSR count). The zero-order valence-electron chi connectivity index (χ0n) is 18.0. The van der Waals surface area contributed by atoms with Crippen molar-refractivity contribution < 1.29 is 10.2 Å². The van der Waals surface area contributed by atoms with E-state index < -0.39 is 0 Å². The molecular weight excluding hydrogens is 320 g/mol.